The lowest BCUT2D eigenvalue weighted by molar-refractivity contribution is -0.130. The highest BCUT2D eigenvalue weighted by atomic mass is 16.5. The first kappa shape index (κ1) is 27.8. The van der Waals surface area contributed by atoms with E-state index in [0.29, 0.717) is 50.9 Å². The number of benzene rings is 1. The molecule has 4 heterocycles. The number of nitrogens with one attached hydrogen (secondary N) is 1. The van der Waals surface area contributed by atoms with E-state index in [-0.39, 0.29) is 23.7 Å². The second kappa shape index (κ2) is 12.6. The molecule has 0 unspecified atom stereocenters. The summed E-state index contributed by atoms with van der Waals surface area (Å²) in [5.74, 6) is 0.733. The van der Waals surface area contributed by atoms with Crippen molar-refractivity contribution in [1.29, 1.82) is 0 Å². The molecule has 40 heavy (non-hydrogen) atoms. The van der Waals surface area contributed by atoms with Crippen LogP contribution in [0.2, 0.25) is 0 Å². The Labute approximate surface area is 235 Å². The lowest BCUT2D eigenvalue weighted by atomic mass is 9.89. The third-order valence-corrected chi connectivity index (χ3v) is 8.00. The SMILES string of the molecule is C=CC(=O)N1CCC(C(=O)Cc2cccc(CNc3nc(OC4CCN(C)CC4)nc4c(CC)cnn34)c2)CC1. The zero-order valence-corrected chi connectivity index (χ0v) is 23.5. The Balaban J connectivity index is 1.24. The number of hydrogen-bond donors (Lipinski definition) is 1. The number of aryl methyl sites for hydroxylation is 1. The van der Waals surface area contributed by atoms with Gasteiger partial charge in [-0.3, -0.25) is 9.59 Å². The number of rotatable bonds is 10. The first-order valence-corrected chi connectivity index (χ1v) is 14.3. The number of carbonyl (C=O) groups is 2. The molecule has 2 saturated heterocycles. The molecule has 2 fully saturated rings. The van der Waals surface area contributed by atoms with Crippen LogP contribution in [0.5, 0.6) is 6.01 Å². The molecule has 10 heteroatoms. The standard InChI is InChI=1S/C30H39N7O3/c1-4-23-20-32-37-28(23)33-30(40-25-11-13-35(3)14-12-25)34-29(37)31-19-22-8-6-7-21(17-22)18-26(38)24-9-15-36(16-10-24)27(39)5-2/h5-8,17,20,24-25H,2,4,9-16,18-19H2,1,3H3,(H,31,33,34). The number of piperidine rings is 2. The van der Waals surface area contributed by atoms with Crippen LogP contribution in [0.25, 0.3) is 5.65 Å². The largest absolute Gasteiger partial charge is 0.460 e. The van der Waals surface area contributed by atoms with Gasteiger partial charge in [-0.2, -0.15) is 19.6 Å². The number of ketones is 1. The summed E-state index contributed by atoms with van der Waals surface area (Å²) in [4.78, 5) is 38.3. The summed E-state index contributed by atoms with van der Waals surface area (Å²) < 4.78 is 7.96. The topological polar surface area (TPSA) is 105 Å². The van der Waals surface area contributed by atoms with Gasteiger partial charge in [0, 0.05) is 50.6 Å². The summed E-state index contributed by atoms with van der Waals surface area (Å²) in [5, 5.41) is 7.94. The molecular formula is C30H39N7O3. The maximum absolute atomic E-state index is 13.0. The van der Waals surface area contributed by atoms with Crippen molar-refractivity contribution in [3.63, 3.8) is 0 Å². The third kappa shape index (κ3) is 6.50. The third-order valence-electron chi connectivity index (χ3n) is 8.00. The number of ether oxygens (including phenoxy) is 1. The van der Waals surface area contributed by atoms with Crippen LogP contribution in [0.15, 0.2) is 43.1 Å². The molecule has 1 amide bonds. The van der Waals surface area contributed by atoms with Gasteiger partial charge in [-0.1, -0.05) is 37.8 Å². The van der Waals surface area contributed by atoms with Gasteiger partial charge >= 0.3 is 6.01 Å². The molecule has 2 aliphatic rings. The molecule has 10 nitrogen and oxygen atoms in total. The molecule has 0 atom stereocenters. The summed E-state index contributed by atoms with van der Waals surface area (Å²) in [7, 11) is 2.13. The Morgan fingerprint density at radius 1 is 1.10 bits per heavy atom. The van der Waals surface area contributed by atoms with Crippen molar-refractivity contribution >= 4 is 23.3 Å². The van der Waals surface area contributed by atoms with E-state index in [2.05, 4.69) is 46.9 Å². The fraction of sp³-hybridized carbons (Fsp3) is 0.500. The maximum Gasteiger partial charge on any atom is 0.322 e. The number of Topliss-reactive ketones (excluding diaryl/α,β-unsaturated/α-hetero) is 1. The molecule has 2 aliphatic heterocycles. The molecule has 1 N–H and O–H groups in total. The van der Waals surface area contributed by atoms with Crippen LogP contribution in [-0.4, -0.2) is 80.4 Å². The predicted octanol–water partition coefficient (Wildman–Crippen LogP) is 3.31. The number of fused-ring (bicyclic) bond motifs is 1. The molecule has 212 valence electrons. The molecular weight excluding hydrogens is 506 g/mol. The molecule has 0 bridgehead atoms. The van der Waals surface area contributed by atoms with E-state index in [1.165, 1.54) is 6.08 Å². The van der Waals surface area contributed by atoms with Gasteiger partial charge < -0.3 is 19.9 Å². The summed E-state index contributed by atoms with van der Waals surface area (Å²) in [5.41, 5.74) is 3.83. The van der Waals surface area contributed by atoms with Crippen LogP contribution in [-0.2, 0) is 29.0 Å². The van der Waals surface area contributed by atoms with E-state index < -0.39 is 0 Å². The first-order chi connectivity index (χ1) is 19.4. The van der Waals surface area contributed by atoms with Crippen molar-refractivity contribution in [3.05, 3.63) is 59.8 Å². The van der Waals surface area contributed by atoms with E-state index >= 15 is 0 Å². The van der Waals surface area contributed by atoms with Crippen molar-refractivity contribution in [1.82, 2.24) is 29.4 Å². The average molecular weight is 546 g/mol. The van der Waals surface area contributed by atoms with Crippen LogP contribution >= 0.6 is 0 Å². The van der Waals surface area contributed by atoms with Gasteiger partial charge in [0.1, 0.15) is 11.9 Å². The maximum atomic E-state index is 13.0. The van der Waals surface area contributed by atoms with Crippen LogP contribution in [0, 0.1) is 5.92 Å². The smallest absolute Gasteiger partial charge is 0.322 e. The van der Waals surface area contributed by atoms with Gasteiger partial charge in [-0.25, -0.2) is 0 Å². The van der Waals surface area contributed by atoms with Crippen molar-refractivity contribution in [2.45, 2.75) is 58.1 Å². The van der Waals surface area contributed by atoms with Crippen LogP contribution in [0.1, 0.15) is 49.3 Å². The van der Waals surface area contributed by atoms with Gasteiger partial charge in [-0.15, -0.1) is 0 Å². The molecule has 0 aliphatic carbocycles. The normalized spacial score (nSPS) is 17.2. The molecule has 5 rings (SSSR count). The minimum Gasteiger partial charge on any atom is -0.460 e. The molecule has 1 aromatic carbocycles. The zero-order valence-electron chi connectivity index (χ0n) is 23.5. The Morgan fingerprint density at radius 2 is 1.85 bits per heavy atom. The van der Waals surface area contributed by atoms with E-state index in [9.17, 15) is 9.59 Å². The average Bonchev–Trinajstić information content (AvgIpc) is 3.40. The summed E-state index contributed by atoms with van der Waals surface area (Å²) in [6, 6.07) is 8.46. The van der Waals surface area contributed by atoms with Crippen LogP contribution in [0.3, 0.4) is 0 Å². The molecule has 0 spiro atoms. The van der Waals surface area contributed by atoms with Gasteiger partial charge in [-0.05, 0) is 56.4 Å². The van der Waals surface area contributed by atoms with Gasteiger partial charge in [0.15, 0.2) is 5.65 Å². The summed E-state index contributed by atoms with van der Waals surface area (Å²) in [6.07, 6.45) is 7.78. The lowest BCUT2D eigenvalue weighted by Gasteiger charge is -2.30. The van der Waals surface area contributed by atoms with E-state index in [1.54, 1.807) is 9.42 Å². The van der Waals surface area contributed by atoms with Gasteiger partial charge in [0.25, 0.3) is 0 Å². The van der Waals surface area contributed by atoms with Crippen molar-refractivity contribution < 1.29 is 14.3 Å². The monoisotopic (exact) mass is 545 g/mol. The molecule has 2 aromatic heterocycles. The summed E-state index contributed by atoms with van der Waals surface area (Å²) in [6.45, 7) is 9.37. The number of nitrogens with zero attached hydrogens (tertiary/aromatic N) is 6. The number of carbonyl (C=O) groups excluding carboxylic acids is 2. The first-order valence-electron chi connectivity index (χ1n) is 14.3. The van der Waals surface area contributed by atoms with E-state index in [0.717, 1.165) is 54.7 Å². The number of amides is 1. The van der Waals surface area contributed by atoms with E-state index in [1.807, 2.05) is 24.4 Å². The molecule has 0 saturated carbocycles. The lowest BCUT2D eigenvalue weighted by Crippen LogP contribution is -2.39. The zero-order chi connectivity index (χ0) is 28.1. The second-order valence-corrected chi connectivity index (χ2v) is 10.8. The van der Waals surface area contributed by atoms with Gasteiger partial charge in [0.2, 0.25) is 11.9 Å². The minimum atomic E-state index is -0.0615. The van der Waals surface area contributed by atoms with Crippen LogP contribution < -0.4 is 10.1 Å². The Morgan fingerprint density at radius 3 is 2.58 bits per heavy atom. The number of aromatic nitrogens is 4. The quantitative estimate of drug-likeness (QED) is 0.387. The highest BCUT2D eigenvalue weighted by Crippen LogP contribution is 2.23. The Bertz CT molecular complexity index is 1350. The fourth-order valence-corrected chi connectivity index (χ4v) is 5.50. The second-order valence-electron chi connectivity index (χ2n) is 10.8. The van der Waals surface area contributed by atoms with E-state index in [4.69, 9.17) is 9.72 Å². The molecule has 3 aromatic rings. The van der Waals surface area contributed by atoms with Gasteiger partial charge in [0.05, 0.1) is 6.20 Å². The van der Waals surface area contributed by atoms with Crippen LogP contribution in [0.4, 0.5) is 5.95 Å². The highest BCUT2D eigenvalue weighted by molar-refractivity contribution is 5.88. The Hall–Kier alpha value is -3.79. The number of hydrogen-bond acceptors (Lipinski definition) is 8. The number of anilines is 1. The predicted molar refractivity (Wildman–Crippen MR) is 153 cm³/mol. The van der Waals surface area contributed by atoms with Crippen molar-refractivity contribution in [3.8, 4) is 6.01 Å². The summed E-state index contributed by atoms with van der Waals surface area (Å²) >= 11 is 0. The van der Waals surface area contributed by atoms with Crippen molar-refractivity contribution in [2.75, 3.05) is 38.5 Å². The minimum absolute atomic E-state index is 0.0134. The highest BCUT2D eigenvalue weighted by Gasteiger charge is 2.26. The Kier molecular flexibility index (Phi) is 8.74. The molecule has 0 radical (unpaired) electrons. The fourth-order valence-electron chi connectivity index (χ4n) is 5.50. The number of likely N-dealkylation sites (tertiary alicyclic amines) is 2. The van der Waals surface area contributed by atoms with Crippen molar-refractivity contribution in [2.24, 2.45) is 5.92 Å².